The summed E-state index contributed by atoms with van der Waals surface area (Å²) >= 11 is 6.05. The quantitative estimate of drug-likeness (QED) is 0.747. The number of fused-ring (bicyclic) bond motifs is 2. The van der Waals surface area contributed by atoms with E-state index in [4.69, 9.17) is 16.6 Å². The molecule has 4 rings (SSSR count). The fourth-order valence-corrected chi connectivity index (χ4v) is 4.61. The summed E-state index contributed by atoms with van der Waals surface area (Å²) in [5.74, 6) is 0.980. The summed E-state index contributed by atoms with van der Waals surface area (Å²) in [5.41, 5.74) is 4.01. The number of H-pyrrole nitrogens is 1. The molecule has 1 N–H and O–H groups in total. The number of benzene rings is 1. The van der Waals surface area contributed by atoms with Gasteiger partial charge in [-0.2, -0.15) is 0 Å². The van der Waals surface area contributed by atoms with Crippen LogP contribution in [-0.4, -0.2) is 28.6 Å². The van der Waals surface area contributed by atoms with Crippen LogP contribution in [0.3, 0.4) is 0 Å². The van der Waals surface area contributed by atoms with E-state index in [0.29, 0.717) is 22.6 Å². The van der Waals surface area contributed by atoms with Gasteiger partial charge in [0.25, 0.3) is 5.56 Å². The van der Waals surface area contributed by atoms with Crippen LogP contribution in [0.1, 0.15) is 51.5 Å². The van der Waals surface area contributed by atoms with Crippen molar-refractivity contribution in [1.29, 1.82) is 0 Å². The number of aromatic nitrogens is 2. The predicted octanol–water partition coefficient (Wildman–Crippen LogP) is 3.89. The Hall–Kier alpha value is -2.66. The van der Waals surface area contributed by atoms with Crippen molar-refractivity contribution >= 4 is 24.0 Å². The number of allylic oxidation sites excluding steroid dienone is 2. The predicted molar refractivity (Wildman–Crippen MR) is 127 cm³/mol. The first-order chi connectivity index (χ1) is 14.9. The SMILES string of the molecule is C=c1nc2c(c(=O)[nH]1)=NC1C=C(CCC)C(C)=CC1N2CCC(C)c1ccc(Cl)cc1. The molecular formula is C25H29ClN4O. The van der Waals surface area contributed by atoms with E-state index < -0.39 is 0 Å². The van der Waals surface area contributed by atoms with Crippen LogP contribution >= 0.6 is 11.6 Å². The van der Waals surface area contributed by atoms with Crippen molar-refractivity contribution in [3.63, 3.8) is 0 Å². The lowest BCUT2D eigenvalue weighted by molar-refractivity contribution is 0.538. The first-order valence-electron chi connectivity index (χ1n) is 11.0. The molecule has 0 spiro atoms. The fourth-order valence-electron chi connectivity index (χ4n) is 4.49. The van der Waals surface area contributed by atoms with Crippen LogP contribution in [0.25, 0.3) is 6.58 Å². The van der Waals surface area contributed by atoms with Crippen LogP contribution in [-0.2, 0) is 0 Å². The normalized spacial score (nSPS) is 20.8. The van der Waals surface area contributed by atoms with E-state index >= 15 is 0 Å². The van der Waals surface area contributed by atoms with Crippen LogP contribution in [0.4, 0.5) is 5.82 Å². The molecule has 1 aromatic heterocycles. The second-order valence-electron chi connectivity index (χ2n) is 8.52. The van der Waals surface area contributed by atoms with Crippen LogP contribution in [0, 0.1) is 0 Å². The molecule has 0 bridgehead atoms. The van der Waals surface area contributed by atoms with E-state index in [1.54, 1.807) is 0 Å². The highest BCUT2D eigenvalue weighted by atomic mass is 35.5. The molecule has 0 saturated carbocycles. The maximum absolute atomic E-state index is 12.7. The van der Waals surface area contributed by atoms with E-state index in [9.17, 15) is 4.79 Å². The highest BCUT2D eigenvalue weighted by molar-refractivity contribution is 6.30. The van der Waals surface area contributed by atoms with Crippen LogP contribution in [0.15, 0.2) is 57.4 Å². The molecule has 6 heteroatoms. The molecule has 0 saturated heterocycles. The van der Waals surface area contributed by atoms with E-state index in [-0.39, 0.29) is 17.6 Å². The summed E-state index contributed by atoms with van der Waals surface area (Å²) in [6.07, 6.45) is 7.55. The summed E-state index contributed by atoms with van der Waals surface area (Å²) < 4.78 is 0. The Labute approximate surface area is 187 Å². The zero-order valence-electron chi connectivity index (χ0n) is 18.4. The Morgan fingerprint density at radius 3 is 2.71 bits per heavy atom. The number of hydrogen-bond donors (Lipinski definition) is 1. The van der Waals surface area contributed by atoms with Crippen molar-refractivity contribution < 1.29 is 0 Å². The molecule has 162 valence electrons. The number of hydrogen-bond acceptors (Lipinski definition) is 4. The third-order valence-corrected chi connectivity index (χ3v) is 6.50. The Kier molecular flexibility index (Phi) is 6.15. The van der Waals surface area contributed by atoms with E-state index in [1.165, 1.54) is 16.7 Å². The molecule has 0 radical (unpaired) electrons. The van der Waals surface area contributed by atoms with Gasteiger partial charge < -0.3 is 9.88 Å². The van der Waals surface area contributed by atoms with Gasteiger partial charge in [-0.15, -0.1) is 0 Å². The average Bonchev–Trinajstić information content (AvgIpc) is 2.73. The Morgan fingerprint density at radius 2 is 2.00 bits per heavy atom. The summed E-state index contributed by atoms with van der Waals surface area (Å²) in [5, 5.41) is 1.15. The van der Waals surface area contributed by atoms with E-state index in [2.05, 4.69) is 66.5 Å². The van der Waals surface area contributed by atoms with Crippen molar-refractivity contribution in [2.45, 2.75) is 58.0 Å². The van der Waals surface area contributed by atoms with E-state index in [1.807, 2.05) is 12.1 Å². The standard InChI is InChI=1S/C25H29ClN4O/c1-5-6-19-14-21-22(13-16(19)3)30(24-23(29-21)25(31)28-17(4)27-24)12-11-15(2)18-7-9-20(26)10-8-18/h7-10,13-15,21-22H,4-6,11-12H2,1-3H3,(H,28,31). The summed E-state index contributed by atoms with van der Waals surface area (Å²) in [6.45, 7) is 11.2. The second kappa shape index (κ2) is 8.83. The first kappa shape index (κ1) is 21.6. The minimum absolute atomic E-state index is 0.0548. The number of nitrogens with zero attached hydrogens (tertiary/aromatic N) is 3. The van der Waals surface area contributed by atoms with Crippen molar-refractivity contribution in [2.75, 3.05) is 11.4 Å². The van der Waals surface area contributed by atoms with Gasteiger partial charge in [0.15, 0.2) is 11.2 Å². The summed E-state index contributed by atoms with van der Waals surface area (Å²) in [6, 6.07) is 8.00. The Bertz CT molecular complexity index is 1200. The third kappa shape index (κ3) is 4.38. The van der Waals surface area contributed by atoms with Crippen molar-refractivity contribution in [2.24, 2.45) is 4.99 Å². The molecular weight excluding hydrogens is 408 g/mol. The van der Waals surface area contributed by atoms with Crippen LogP contribution in [0.5, 0.6) is 0 Å². The lowest BCUT2D eigenvalue weighted by Gasteiger charge is -2.39. The van der Waals surface area contributed by atoms with Crippen molar-refractivity contribution in [1.82, 2.24) is 9.97 Å². The molecule has 2 aliphatic rings. The maximum Gasteiger partial charge on any atom is 0.278 e. The van der Waals surface area contributed by atoms with Crippen molar-refractivity contribution in [3.8, 4) is 0 Å². The Morgan fingerprint density at radius 1 is 1.26 bits per heavy atom. The highest BCUT2D eigenvalue weighted by Crippen LogP contribution is 2.31. The molecule has 0 fully saturated rings. The molecule has 3 atom stereocenters. The number of nitrogens with one attached hydrogen (secondary N) is 1. The number of aromatic amines is 1. The highest BCUT2D eigenvalue weighted by Gasteiger charge is 2.34. The molecule has 31 heavy (non-hydrogen) atoms. The monoisotopic (exact) mass is 436 g/mol. The minimum atomic E-state index is -0.221. The molecule has 3 unspecified atom stereocenters. The van der Waals surface area contributed by atoms with Gasteiger partial charge in [0, 0.05) is 11.6 Å². The fraction of sp³-hybridized carbons (Fsp3) is 0.400. The molecule has 0 amide bonds. The van der Waals surface area contributed by atoms with Gasteiger partial charge in [-0.25, -0.2) is 4.98 Å². The van der Waals surface area contributed by atoms with Gasteiger partial charge in [0.1, 0.15) is 5.48 Å². The molecule has 5 nitrogen and oxygen atoms in total. The molecule has 1 aliphatic heterocycles. The number of halogens is 1. The molecule has 1 aliphatic carbocycles. The van der Waals surface area contributed by atoms with E-state index in [0.717, 1.165) is 30.8 Å². The Balaban J connectivity index is 1.70. The minimum Gasteiger partial charge on any atom is -0.346 e. The lowest BCUT2D eigenvalue weighted by Crippen LogP contribution is -2.54. The summed E-state index contributed by atoms with van der Waals surface area (Å²) in [7, 11) is 0. The van der Waals surface area contributed by atoms with Gasteiger partial charge in [-0.3, -0.25) is 9.79 Å². The lowest BCUT2D eigenvalue weighted by atomic mass is 9.88. The maximum atomic E-state index is 12.7. The molecule has 2 aromatic rings. The van der Waals surface area contributed by atoms with Crippen molar-refractivity contribution in [3.05, 3.63) is 79.3 Å². The van der Waals surface area contributed by atoms with Gasteiger partial charge in [0.2, 0.25) is 0 Å². The smallest absolute Gasteiger partial charge is 0.278 e. The largest absolute Gasteiger partial charge is 0.346 e. The molecule has 1 aromatic carbocycles. The number of anilines is 1. The van der Waals surface area contributed by atoms with Gasteiger partial charge >= 0.3 is 0 Å². The summed E-state index contributed by atoms with van der Waals surface area (Å²) in [4.78, 5) is 27.0. The zero-order valence-corrected chi connectivity index (χ0v) is 19.1. The molecule has 2 heterocycles. The average molecular weight is 437 g/mol. The van der Waals surface area contributed by atoms with Gasteiger partial charge in [-0.05, 0) is 49.0 Å². The number of rotatable bonds is 6. The van der Waals surface area contributed by atoms with Gasteiger partial charge in [-0.1, -0.05) is 68.3 Å². The second-order valence-corrected chi connectivity index (χ2v) is 8.96. The first-order valence-corrected chi connectivity index (χ1v) is 11.3. The topological polar surface area (TPSA) is 61.4 Å². The van der Waals surface area contributed by atoms with Crippen LogP contribution in [0.2, 0.25) is 5.02 Å². The van der Waals surface area contributed by atoms with Gasteiger partial charge in [0.05, 0.1) is 12.1 Å². The third-order valence-electron chi connectivity index (χ3n) is 6.25. The van der Waals surface area contributed by atoms with Crippen LogP contribution < -0.4 is 21.3 Å². The zero-order chi connectivity index (χ0) is 22.1.